The van der Waals surface area contributed by atoms with Crippen molar-refractivity contribution in [3.05, 3.63) is 42.0 Å². The molecule has 19 heavy (non-hydrogen) atoms. The first-order chi connectivity index (χ1) is 9.24. The van der Waals surface area contributed by atoms with Crippen LogP contribution in [-0.2, 0) is 0 Å². The topological polar surface area (TPSA) is 21.3 Å². The van der Waals surface area contributed by atoms with Crippen molar-refractivity contribution in [1.82, 2.24) is 5.32 Å². The molecule has 1 aromatic rings. The Labute approximate surface area is 116 Å². The van der Waals surface area contributed by atoms with Crippen LogP contribution < -0.4 is 10.1 Å². The molecule has 1 aliphatic carbocycles. The van der Waals surface area contributed by atoms with Crippen LogP contribution in [-0.4, -0.2) is 19.2 Å². The monoisotopic (exact) mass is 259 g/mol. The molecule has 2 rings (SSSR count). The lowest BCUT2D eigenvalue weighted by Crippen LogP contribution is -2.35. The summed E-state index contributed by atoms with van der Waals surface area (Å²) in [4.78, 5) is 0. The van der Waals surface area contributed by atoms with E-state index in [-0.39, 0.29) is 0 Å². The van der Waals surface area contributed by atoms with Gasteiger partial charge in [-0.2, -0.15) is 0 Å². The minimum atomic E-state index is 0.396. The number of nitrogens with one attached hydrogen (secondary N) is 1. The van der Waals surface area contributed by atoms with Crippen molar-refractivity contribution >= 4 is 0 Å². The zero-order valence-corrected chi connectivity index (χ0v) is 12.1. The highest BCUT2D eigenvalue weighted by Crippen LogP contribution is 2.17. The van der Waals surface area contributed by atoms with Gasteiger partial charge in [0.05, 0.1) is 0 Å². The van der Waals surface area contributed by atoms with Crippen LogP contribution in [0.3, 0.4) is 0 Å². The molecule has 0 bridgehead atoms. The molecule has 104 valence electrons. The van der Waals surface area contributed by atoms with Gasteiger partial charge in [0.2, 0.25) is 0 Å². The van der Waals surface area contributed by atoms with Crippen molar-refractivity contribution in [2.45, 2.75) is 39.2 Å². The fourth-order valence-corrected chi connectivity index (χ4v) is 2.32. The van der Waals surface area contributed by atoms with Crippen LogP contribution in [0.2, 0.25) is 0 Å². The third-order valence-corrected chi connectivity index (χ3v) is 3.65. The van der Waals surface area contributed by atoms with E-state index in [4.69, 9.17) is 4.74 Å². The standard InChI is InChI=1S/C17H25NO/c1-14-8-10-17(11-9-14)19-13-15(2)18-12-16-6-4-3-5-7-16/h3-4,8-11,15-16,18H,5-7,12-13H2,1-2H3. The van der Waals surface area contributed by atoms with Crippen molar-refractivity contribution < 1.29 is 4.74 Å². The van der Waals surface area contributed by atoms with E-state index < -0.39 is 0 Å². The summed E-state index contributed by atoms with van der Waals surface area (Å²) < 4.78 is 5.79. The molecule has 1 N–H and O–H groups in total. The molecule has 0 aliphatic heterocycles. The Morgan fingerprint density at radius 2 is 2.05 bits per heavy atom. The van der Waals surface area contributed by atoms with E-state index in [0.29, 0.717) is 6.04 Å². The average molecular weight is 259 g/mol. The van der Waals surface area contributed by atoms with Crippen LogP contribution in [0.5, 0.6) is 5.75 Å². The lowest BCUT2D eigenvalue weighted by atomic mass is 9.94. The minimum absolute atomic E-state index is 0.396. The van der Waals surface area contributed by atoms with Crippen molar-refractivity contribution in [2.24, 2.45) is 5.92 Å². The van der Waals surface area contributed by atoms with Gasteiger partial charge in [-0.05, 0) is 57.7 Å². The number of hydrogen-bond donors (Lipinski definition) is 1. The van der Waals surface area contributed by atoms with Gasteiger partial charge in [-0.3, -0.25) is 0 Å². The van der Waals surface area contributed by atoms with Gasteiger partial charge in [0, 0.05) is 6.04 Å². The quantitative estimate of drug-likeness (QED) is 0.786. The summed E-state index contributed by atoms with van der Waals surface area (Å²) in [6, 6.07) is 8.64. The SMILES string of the molecule is Cc1ccc(OCC(C)NCC2CC=CCC2)cc1. The lowest BCUT2D eigenvalue weighted by molar-refractivity contribution is 0.264. The Kier molecular flexibility index (Phi) is 5.46. The van der Waals surface area contributed by atoms with Gasteiger partial charge in [-0.25, -0.2) is 0 Å². The summed E-state index contributed by atoms with van der Waals surface area (Å²) in [6.45, 7) is 6.10. The van der Waals surface area contributed by atoms with Gasteiger partial charge < -0.3 is 10.1 Å². The second-order valence-corrected chi connectivity index (χ2v) is 5.58. The number of hydrogen-bond acceptors (Lipinski definition) is 2. The van der Waals surface area contributed by atoms with E-state index in [1.54, 1.807) is 0 Å². The molecule has 2 atom stereocenters. The van der Waals surface area contributed by atoms with E-state index in [1.807, 2.05) is 12.1 Å². The van der Waals surface area contributed by atoms with E-state index in [0.717, 1.165) is 24.8 Å². The summed E-state index contributed by atoms with van der Waals surface area (Å²) in [5.74, 6) is 1.76. The van der Waals surface area contributed by atoms with E-state index in [2.05, 4.69) is 43.4 Å². The van der Waals surface area contributed by atoms with Crippen LogP contribution in [0.15, 0.2) is 36.4 Å². The molecule has 0 heterocycles. The highest BCUT2D eigenvalue weighted by molar-refractivity contribution is 5.26. The van der Waals surface area contributed by atoms with Crippen molar-refractivity contribution in [2.75, 3.05) is 13.2 Å². The Balaban J connectivity index is 1.65. The van der Waals surface area contributed by atoms with Gasteiger partial charge in [0.15, 0.2) is 0 Å². The van der Waals surface area contributed by atoms with E-state index >= 15 is 0 Å². The Morgan fingerprint density at radius 1 is 1.26 bits per heavy atom. The first-order valence-corrected chi connectivity index (χ1v) is 7.32. The molecule has 0 saturated carbocycles. The number of rotatable bonds is 6. The van der Waals surface area contributed by atoms with Crippen LogP contribution in [0.25, 0.3) is 0 Å². The van der Waals surface area contributed by atoms with Gasteiger partial charge in [0.1, 0.15) is 12.4 Å². The van der Waals surface area contributed by atoms with Crippen LogP contribution >= 0.6 is 0 Å². The van der Waals surface area contributed by atoms with E-state index in [1.165, 1.54) is 24.8 Å². The van der Waals surface area contributed by atoms with Crippen LogP contribution in [0.1, 0.15) is 31.7 Å². The van der Waals surface area contributed by atoms with Crippen LogP contribution in [0, 0.1) is 12.8 Å². The maximum absolute atomic E-state index is 5.79. The number of ether oxygens (including phenoxy) is 1. The molecular formula is C17H25NO. The van der Waals surface area contributed by atoms with Crippen molar-refractivity contribution in [3.8, 4) is 5.75 Å². The van der Waals surface area contributed by atoms with Gasteiger partial charge in [0.25, 0.3) is 0 Å². The first-order valence-electron chi connectivity index (χ1n) is 7.32. The third-order valence-electron chi connectivity index (χ3n) is 3.65. The molecule has 1 aromatic carbocycles. The van der Waals surface area contributed by atoms with Gasteiger partial charge in [-0.1, -0.05) is 29.8 Å². The molecule has 0 radical (unpaired) electrons. The second kappa shape index (κ2) is 7.34. The van der Waals surface area contributed by atoms with Crippen molar-refractivity contribution in [1.29, 1.82) is 0 Å². The smallest absolute Gasteiger partial charge is 0.119 e. The molecule has 0 spiro atoms. The molecule has 0 amide bonds. The van der Waals surface area contributed by atoms with E-state index in [9.17, 15) is 0 Å². The Hall–Kier alpha value is -1.28. The molecular weight excluding hydrogens is 234 g/mol. The highest BCUT2D eigenvalue weighted by atomic mass is 16.5. The number of allylic oxidation sites excluding steroid dienone is 2. The summed E-state index contributed by atoms with van der Waals surface area (Å²) in [5, 5.41) is 3.58. The largest absolute Gasteiger partial charge is 0.492 e. The number of benzene rings is 1. The fourth-order valence-electron chi connectivity index (χ4n) is 2.32. The summed E-state index contributed by atoms with van der Waals surface area (Å²) in [6.07, 6.45) is 8.37. The predicted octanol–water partition coefficient (Wildman–Crippen LogP) is 3.71. The molecule has 1 aliphatic rings. The number of aryl methyl sites for hydroxylation is 1. The molecule has 0 aromatic heterocycles. The fraction of sp³-hybridized carbons (Fsp3) is 0.529. The Morgan fingerprint density at radius 3 is 2.74 bits per heavy atom. The maximum Gasteiger partial charge on any atom is 0.119 e. The summed E-state index contributed by atoms with van der Waals surface area (Å²) in [7, 11) is 0. The molecule has 2 nitrogen and oxygen atoms in total. The summed E-state index contributed by atoms with van der Waals surface area (Å²) >= 11 is 0. The minimum Gasteiger partial charge on any atom is -0.492 e. The third kappa shape index (κ3) is 5.07. The molecule has 0 fully saturated rings. The summed E-state index contributed by atoms with van der Waals surface area (Å²) in [5.41, 5.74) is 1.27. The zero-order valence-electron chi connectivity index (χ0n) is 12.1. The van der Waals surface area contributed by atoms with Gasteiger partial charge >= 0.3 is 0 Å². The zero-order chi connectivity index (χ0) is 13.5. The van der Waals surface area contributed by atoms with Crippen LogP contribution in [0.4, 0.5) is 0 Å². The second-order valence-electron chi connectivity index (χ2n) is 5.58. The maximum atomic E-state index is 5.79. The normalized spacial score (nSPS) is 20.2. The molecule has 2 unspecified atom stereocenters. The average Bonchev–Trinajstić information content (AvgIpc) is 2.45. The van der Waals surface area contributed by atoms with Gasteiger partial charge in [-0.15, -0.1) is 0 Å². The van der Waals surface area contributed by atoms with Crippen molar-refractivity contribution in [3.63, 3.8) is 0 Å². The highest BCUT2D eigenvalue weighted by Gasteiger charge is 2.11. The first kappa shape index (κ1) is 14.1. The molecule has 2 heteroatoms. The predicted molar refractivity (Wildman–Crippen MR) is 80.6 cm³/mol. The molecule has 0 saturated heterocycles. The lowest BCUT2D eigenvalue weighted by Gasteiger charge is -2.21. The Bertz CT molecular complexity index is 396.